The van der Waals surface area contributed by atoms with E-state index >= 15 is 0 Å². The van der Waals surface area contributed by atoms with Crippen molar-refractivity contribution in [3.05, 3.63) is 64.1 Å². The SMILES string of the molecule is COc1c[nH]c(CN2CCC3(CC2)CC(c2ccccc2)C(=O)N(C)C3)cc1=O. The quantitative estimate of drug-likeness (QED) is 0.864. The summed E-state index contributed by atoms with van der Waals surface area (Å²) in [5.41, 5.74) is 2.12. The highest BCUT2D eigenvalue weighted by Crippen LogP contribution is 2.45. The number of rotatable bonds is 4. The molecule has 6 nitrogen and oxygen atoms in total. The number of aromatic nitrogens is 1. The summed E-state index contributed by atoms with van der Waals surface area (Å²) in [7, 11) is 3.44. The van der Waals surface area contributed by atoms with Gasteiger partial charge in [-0.2, -0.15) is 0 Å². The van der Waals surface area contributed by atoms with Crippen LogP contribution in [0.5, 0.6) is 5.75 Å². The number of benzene rings is 1. The molecule has 2 aliphatic rings. The second-order valence-electron chi connectivity index (χ2n) is 8.53. The van der Waals surface area contributed by atoms with Crippen molar-refractivity contribution in [3.63, 3.8) is 0 Å². The van der Waals surface area contributed by atoms with E-state index in [0.717, 1.165) is 56.7 Å². The van der Waals surface area contributed by atoms with Crippen LogP contribution in [0.2, 0.25) is 0 Å². The number of methoxy groups -OCH3 is 1. The number of pyridine rings is 1. The van der Waals surface area contributed by atoms with Crippen LogP contribution >= 0.6 is 0 Å². The van der Waals surface area contributed by atoms with E-state index in [4.69, 9.17) is 4.74 Å². The lowest BCUT2D eigenvalue weighted by molar-refractivity contribution is -0.139. The summed E-state index contributed by atoms with van der Waals surface area (Å²) in [6, 6.07) is 11.8. The first-order valence-corrected chi connectivity index (χ1v) is 10.3. The first-order valence-electron chi connectivity index (χ1n) is 10.3. The van der Waals surface area contributed by atoms with Crippen LogP contribution in [0, 0.1) is 5.41 Å². The Morgan fingerprint density at radius 3 is 2.55 bits per heavy atom. The molecule has 1 unspecified atom stereocenters. The number of likely N-dealkylation sites (tertiary alicyclic amines) is 2. The molecule has 29 heavy (non-hydrogen) atoms. The summed E-state index contributed by atoms with van der Waals surface area (Å²) < 4.78 is 5.04. The van der Waals surface area contributed by atoms with Crippen molar-refractivity contribution in [1.29, 1.82) is 0 Å². The molecule has 2 aliphatic heterocycles. The molecule has 1 atom stereocenters. The molecule has 1 N–H and O–H groups in total. The van der Waals surface area contributed by atoms with Crippen LogP contribution in [0.1, 0.15) is 36.4 Å². The average Bonchev–Trinajstić information content (AvgIpc) is 2.73. The molecular weight excluding hydrogens is 366 g/mol. The molecule has 1 aromatic carbocycles. The van der Waals surface area contributed by atoms with Gasteiger partial charge in [-0.1, -0.05) is 30.3 Å². The van der Waals surface area contributed by atoms with E-state index in [0.29, 0.717) is 5.75 Å². The normalized spacial score (nSPS) is 22.1. The number of nitrogens with zero attached hydrogens (tertiary/aromatic N) is 2. The highest BCUT2D eigenvalue weighted by atomic mass is 16.5. The predicted octanol–water partition coefficient (Wildman–Crippen LogP) is 2.61. The third kappa shape index (κ3) is 4.08. The lowest BCUT2D eigenvalue weighted by Gasteiger charge is -2.49. The summed E-state index contributed by atoms with van der Waals surface area (Å²) in [5, 5.41) is 0. The van der Waals surface area contributed by atoms with Gasteiger partial charge in [0, 0.05) is 38.1 Å². The number of hydrogen-bond acceptors (Lipinski definition) is 4. The van der Waals surface area contributed by atoms with Gasteiger partial charge in [0.25, 0.3) is 0 Å². The zero-order valence-corrected chi connectivity index (χ0v) is 17.2. The Kier molecular flexibility index (Phi) is 5.46. The van der Waals surface area contributed by atoms with Gasteiger partial charge in [-0.25, -0.2) is 0 Å². The van der Waals surface area contributed by atoms with Crippen LogP contribution in [0.3, 0.4) is 0 Å². The topological polar surface area (TPSA) is 65.6 Å². The van der Waals surface area contributed by atoms with E-state index in [1.807, 2.05) is 30.1 Å². The largest absolute Gasteiger partial charge is 0.491 e. The first kappa shape index (κ1) is 19.7. The van der Waals surface area contributed by atoms with Crippen molar-refractivity contribution in [3.8, 4) is 5.75 Å². The van der Waals surface area contributed by atoms with Gasteiger partial charge in [0.15, 0.2) is 5.75 Å². The number of H-pyrrole nitrogens is 1. The highest BCUT2D eigenvalue weighted by Gasteiger charge is 2.44. The minimum atomic E-state index is -0.0900. The minimum Gasteiger partial charge on any atom is -0.491 e. The number of nitrogens with one attached hydrogen (secondary N) is 1. The summed E-state index contributed by atoms with van der Waals surface area (Å²) in [6.07, 6.45) is 4.69. The fourth-order valence-corrected chi connectivity index (χ4v) is 4.92. The van der Waals surface area contributed by atoms with Gasteiger partial charge < -0.3 is 14.6 Å². The molecule has 0 bridgehead atoms. The number of carbonyl (C=O) groups is 1. The van der Waals surface area contributed by atoms with Gasteiger partial charge in [-0.3, -0.25) is 14.5 Å². The number of likely N-dealkylation sites (N-methyl/N-ethyl adjacent to an activating group) is 1. The second-order valence-corrected chi connectivity index (χ2v) is 8.53. The monoisotopic (exact) mass is 395 g/mol. The Labute approximate surface area is 171 Å². The molecule has 6 heteroatoms. The fraction of sp³-hybridized carbons (Fsp3) is 0.478. The van der Waals surface area contributed by atoms with Crippen molar-refractivity contribution < 1.29 is 9.53 Å². The maximum absolute atomic E-state index is 12.8. The molecule has 2 aromatic rings. The molecule has 1 amide bonds. The smallest absolute Gasteiger partial charge is 0.229 e. The van der Waals surface area contributed by atoms with Crippen LogP contribution in [0.15, 0.2) is 47.4 Å². The zero-order valence-electron chi connectivity index (χ0n) is 17.2. The number of hydrogen-bond donors (Lipinski definition) is 1. The molecule has 0 saturated carbocycles. The first-order chi connectivity index (χ1) is 14.0. The lowest BCUT2D eigenvalue weighted by Crippen LogP contribution is -2.52. The van der Waals surface area contributed by atoms with E-state index in [1.54, 1.807) is 12.3 Å². The zero-order chi connectivity index (χ0) is 20.4. The van der Waals surface area contributed by atoms with Crippen LogP contribution in [-0.4, -0.2) is 54.5 Å². The third-order valence-electron chi connectivity index (χ3n) is 6.55. The van der Waals surface area contributed by atoms with Crippen molar-refractivity contribution in [2.75, 3.05) is 33.8 Å². The molecule has 0 radical (unpaired) electrons. The highest BCUT2D eigenvalue weighted by molar-refractivity contribution is 5.84. The van der Waals surface area contributed by atoms with Gasteiger partial charge in [0.05, 0.1) is 13.0 Å². The molecule has 3 heterocycles. The van der Waals surface area contributed by atoms with Crippen LogP contribution in [-0.2, 0) is 11.3 Å². The van der Waals surface area contributed by atoms with Crippen LogP contribution in [0.4, 0.5) is 0 Å². The van der Waals surface area contributed by atoms with E-state index in [9.17, 15) is 9.59 Å². The van der Waals surface area contributed by atoms with Gasteiger partial charge in [-0.15, -0.1) is 0 Å². The molecule has 2 fully saturated rings. The Morgan fingerprint density at radius 1 is 1.17 bits per heavy atom. The summed E-state index contributed by atoms with van der Waals surface area (Å²) in [6.45, 7) is 3.50. The Balaban J connectivity index is 1.43. The maximum atomic E-state index is 12.8. The number of aromatic amines is 1. The van der Waals surface area contributed by atoms with Crippen LogP contribution < -0.4 is 10.2 Å². The van der Waals surface area contributed by atoms with Gasteiger partial charge in [0.1, 0.15) is 0 Å². The summed E-state index contributed by atoms with van der Waals surface area (Å²) in [4.78, 5) is 32.3. The van der Waals surface area contributed by atoms with Crippen molar-refractivity contribution in [2.45, 2.75) is 31.7 Å². The third-order valence-corrected chi connectivity index (χ3v) is 6.55. The minimum absolute atomic E-state index is 0.0422. The van der Waals surface area contributed by atoms with E-state index in [-0.39, 0.29) is 22.7 Å². The van der Waals surface area contributed by atoms with Crippen LogP contribution in [0.25, 0.3) is 0 Å². The Bertz CT molecular complexity index is 916. The number of piperidine rings is 2. The van der Waals surface area contributed by atoms with Gasteiger partial charge in [-0.05, 0) is 43.3 Å². The Hall–Kier alpha value is -2.60. The molecule has 0 aliphatic carbocycles. The molecule has 4 rings (SSSR count). The van der Waals surface area contributed by atoms with Crippen molar-refractivity contribution in [2.24, 2.45) is 5.41 Å². The van der Waals surface area contributed by atoms with E-state index < -0.39 is 0 Å². The molecular formula is C23H29N3O3. The standard InChI is InChI=1S/C23H29N3O3/c1-25-16-23(13-19(22(25)28)17-6-4-3-5-7-17)8-10-26(11-9-23)15-18-12-20(27)21(29-2)14-24-18/h3-7,12,14,19H,8-11,13,15-16H2,1-2H3,(H,24,27). The second kappa shape index (κ2) is 8.03. The van der Waals surface area contributed by atoms with Crippen molar-refractivity contribution in [1.82, 2.24) is 14.8 Å². The van der Waals surface area contributed by atoms with Crippen molar-refractivity contribution >= 4 is 5.91 Å². The summed E-state index contributed by atoms with van der Waals surface area (Å²) in [5.74, 6) is 0.535. The molecule has 2 saturated heterocycles. The maximum Gasteiger partial charge on any atom is 0.229 e. The lowest BCUT2D eigenvalue weighted by atomic mass is 9.67. The van der Waals surface area contributed by atoms with E-state index in [1.165, 1.54) is 7.11 Å². The average molecular weight is 396 g/mol. The number of ether oxygens (including phenoxy) is 1. The summed E-state index contributed by atoms with van der Waals surface area (Å²) >= 11 is 0. The molecule has 154 valence electrons. The van der Waals surface area contributed by atoms with Gasteiger partial charge >= 0.3 is 0 Å². The van der Waals surface area contributed by atoms with E-state index in [2.05, 4.69) is 22.0 Å². The van der Waals surface area contributed by atoms with Gasteiger partial charge in [0.2, 0.25) is 11.3 Å². The fourth-order valence-electron chi connectivity index (χ4n) is 4.92. The number of carbonyl (C=O) groups excluding carboxylic acids is 1. The Morgan fingerprint density at radius 2 is 1.90 bits per heavy atom. The number of amides is 1. The molecule has 1 aromatic heterocycles. The predicted molar refractivity (Wildman–Crippen MR) is 112 cm³/mol. The molecule has 1 spiro atoms.